The molecule has 2 saturated carbocycles. The zero-order chi connectivity index (χ0) is 33.0. The Bertz CT molecular complexity index is 756. The summed E-state index contributed by atoms with van der Waals surface area (Å²) in [6.07, 6.45) is 14.8. The summed E-state index contributed by atoms with van der Waals surface area (Å²) in [6, 6.07) is 0. The van der Waals surface area contributed by atoms with Gasteiger partial charge in [0.2, 0.25) is 5.91 Å². The van der Waals surface area contributed by atoms with Crippen molar-refractivity contribution >= 4 is 5.91 Å². The lowest BCUT2D eigenvalue weighted by Gasteiger charge is -2.38. The predicted molar refractivity (Wildman–Crippen MR) is 189 cm³/mol. The molecule has 0 aromatic carbocycles. The summed E-state index contributed by atoms with van der Waals surface area (Å²) in [5, 5.41) is 0. The summed E-state index contributed by atoms with van der Waals surface area (Å²) in [4.78, 5) is 13.2. The van der Waals surface area contributed by atoms with Gasteiger partial charge in [0.1, 0.15) is 5.67 Å². The van der Waals surface area contributed by atoms with Crippen LogP contribution in [0.25, 0.3) is 0 Å². The van der Waals surface area contributed by atoms with Crippen molar-refractivity contribution in [2.24, 2.45) is 27.6 Å². The molecule has 0 radical (unpaired) electrons. The van der Waals surface area contributed by atoms with E-state index in [9.17, 15) is 9.18 Å². The van der Waals surface area contributed by atoms with E-state index in [0.29, 0.717) is 28.3 Å². The van der Waals surface area contributed by atoms with E-state index in [1.54, 1.807) is 0 Å². The Labute approximate surface area is 275 Å². The SMILES string of the molecule is C.CC(C)(C)CC1(F)CCC1.CC(C)(C)CCC1COC1.CC(C)(C)CCN1CCCC1=O.CC(C)(C)CCOC1CCC1. The number of carbonyl (C=O) groups excluding carboxylic acids is 1. The molecule has 2 aliphatic carbocycles. The minimum absolute atomic E-state index is 0. The molecule has 2 saturated heterocycles. The second-order valence-corrected chi connectivity index (χ2v) is 18.8. The highest BCUT2D eigenvalue weighted by atomic mass is 19.1. The van der Waals surface area contributed by atoms with E-state index in [1.165, 1.54) is 38.5 Å². The van der Waals surface area contributed by atoms with Gasteiger partial charge < -0.3 is 14.4 Å². The third-order valence-corrected chi connectivity index (χ3v) is 8.67. The summed E-state index contributed by atoms with van der Waals surface area (Å²) in [6.45, 7) is 31.5. The zero-order valence-electron chi connectivity index (χ0n) is 30.9. The lowest BCUT2D eigenvalue weighted by Crippen LogP contribution is -2.35. The maximum atomic E-state index is 13.4. The highest BCUT2D eigenvalue weighted by Crippen LogP contribution is 2.44. The number of carbonyl (C=O) groups is 1. The van der Waals surface area contributed by atoms with Crippen molar-refractivity contribution in [1.29, 1.82) is 0 Å². The molecule has 0 bridgehead atoms. The number of likely N-dealkylation sites (tertiary alicyclic amines) is 1. The first-order valence-electron chi connectivity index (χ1n) is 17.7. The third kappa shape index (κ3) is 22.8. The van der Waals surface area contributed by atoms with Crippen molar-refractivity contribution in [3.63, 3.8) is 0 Å². The van der Waals surface area contributed by atoms with Crippen molar-refractivity contribution in [2.45, 2.75) is 186 Å². The summed E-state index contributed by atoms with van der Waals surface area (Å²) >= 11 is 0. The number of rotatable bonds is 8. The molecule has 0 atom stereocenters. The van der Waals surface area contributed by atoms with Crippen LogP contribution < -0.4 is 0 Å². The molecule has 4 rings (SSSR count). The maximum Gasteiger partial charge on any atom is 0.222 e. The van der Waals surface area contributed by atoms with Gasteiger partial charge >= 0.3 is 0 Å². The van der Waals surface area contributed by atoms with Crippen LogP contribution in [0.3, 0.4) is 0 Å². The van der Waals surface area contributed by atoms with Gasteiger partial charge in [-0.1, -0.05) is 90.5 Å². The summed E-state index contributed by atoms with van der Waals surface area (Å²) in [5.41, 5.74) is 0.662. The van der Waals surface area contributed by atoms with Crippen LogP contribution in [-0.4, -0.2) is 55.5 Å². The second kappa shape index (κ2) is 19.2. The van der Waals surface area contributed by atoms with Crippen LogP contribution in [0.2, 0.25) is 0 Å². The Hall–Kier alpha value is -0.680. The lowest BCUT2D eigenvalue weighted by molar-refractivity contribution is -0.127. The second-order valence-electron chi connectivity index (χ2n) is 18.8. The van der Waals surface area contributed by atoms with Gasteiger partial charge in [-0.2, -0.15) is 0 Å². The number of alkyl halides is 1. The van der Waals surface area contributed by atoms with Crippen LogP contribution in [0.15, 0.2) is 0 Å². The van der Waals surface area contributed by atoms with E-state index in [1.807, 2.05) is 4.90 Å². The number of hydrogen-bond acceptors (Lipinski definition) is 3. The molecular weight excluding hydrogens is 549 g/mol. The van der Waals surface area contributed by atoms with Gasteiger partial charge in [-0.15, -0.1) is 0 Å². The molecule has 2 aliphatic heterocycles. The lowest BCUT2D eigenvalue weighted by atomic mass is 9.72. The maximum absolute atomic E-state index is 13.4. The average Bonchev–Trinajstić information content (AvgIpc) is 3.15. The molecule has 4 nitrogen and oxygen atoms in total. The van der Waals surface area contributed by atoms with Gasteiger partial charge in [0, 0.05) is 32.0 Å². The minimum atomic E-state index is -0.793. The van der Waals surface area contributed by atoms with Gasteiger partial charge in [0.15, 0.2) is 0 Å². The molecular formula is C39H78FNO3. The van der Waals surface area contributed by atoms with Gasteiger partial charge in [-0.05, 0) is 98.7 Å². The molecule has 44 heavy (non-hydrogen) atoms. The van der Waals surface area contributed by atoms with E-state index in [2.05, 4.69) is 83.1 Å². The van der Waals surface area contributed by atoms with Crippen LogP contribution in [-0.2, 0) is 14.3 Å². The molecule has 0 unspecified atom stereocenters. The molecule has 264 valence electrons. The number of halogens is 1. The quantitative estimate of drug-likeness (QED) is 0.269. The van der Waals surface area contributed by atoms with Crippen molar-refractivity contribution in [3.05, 3.63) is 0 Å². The van der Waals surface area contributed by atoms with Gasteiger partial charge in [0.05, 0.1) is 19.3 Å². The number of amides is 1. The fourth-order valence-corrected chi connectivity index (χ4v) is 5.26. The molecule has 1 amide bonds. The summed E-state index contributed by atoms with van der Waals surface area (Å²) < 4.78 is 24.2. The van der Waals surface area contributed by atoms with Crippen molar-refractivity contribution in [2.75, 3.05) is 32.9 Å². The monoisotopic (exact) mass is 628 g/mol. The first-order valence-corrected chi connectivity index (χ1v) is 17.7. The standard InChI is InChI=1S/C10H19NO.C10H20O.C9H17F.C9H18O.CH4/c1-10(2,3)6-8-11-7-4-5-9(11)12;1-10(2,3)7-8-11-9-5-4-6-9;1-8(2,3)7-9(10)5-4-6-9;1-9(2,3)5-4-8-6-10-7-8;/h4-8H2,1-3H3;9H,4-8H2,1-3H3;4-7H2,1-3H3;8H,4-7H2,1-3H3;1H4. The molecule has 0 aromatic rings. The van der Waals surface area contributed by atoms with Gasteiger partial charge in [-0.25, -0.2) is 4.39 Å². The van der Waals surface area contributed by atoms with Crippen LogP contribution in [0.4, 0.5) is 4.39 Å². The highest BCUT2D eigenvalue weighted by Gasteiger charge is 2.40. The molecule has 5 heteroatoms. The minimum Gasteiger partial charge on any atom is -0.381 e. The first kappa shape index (κ1) is 43.3. The van der Waals surface area contributed by atoms with E-state index < -0.39 is 5.67 Å². The Kier molecular flexibility index (Phi) is 18.9. The fourth-order valence-electron chi connectivity index (χ4n) is 5.26. The Balaban J connectivity index is 0.000000558. The van der Waals surface area contributed by atoms with E-state index >= 15 is 0 Å². The summed E-state index contributed by atoms with van der Waals surface area (Å²) in [5.74, 6) is 1.22. The van der Waals surface area contributed by atoms with Crippen LogP contribution in [0.5, 0.6) is 0 Å². The first-order chi connectivity index (χ1) is 19.6. The van der Waals surface area contributed by atoms with E-state index in [4.69, 9.17) is 9.47 Å². The predicted octanol–water partition coefficient (Wildman–Crippen LogP) is 11.4. The molecule has 0 N–H and O–H groups in total. The Morgan fingerprint density at radius 2 is 1.34 bits per heavy atom. The largest absolute Gasteiger partial charge is 0.381 e. The number of nitrogens with zero attached hydrogens (tertiary/aromatic N) is 1. The number of hydrogen-bond donors (Lipinski definition) is 0. The highest BCUT2D eigenvalue weighted by molar-refractivity contribution is 5.77. The molecule has 0 aromatic heterocycles. The Morgan fingerprint density at radius 3 is 1.64 bits per heavy atom. The molecule has 4 fully saturated rings. The smallest absolute Gasteiger partial charge is 0.222 e. The van der Waals surface area contributed by atoms with Crippen molar-refractivity contribution in [3.8, 4) is 0 Å². The van der Waals surface area contributed by atoms with Gasteiger partial charge in [-0.3, -0.25) is 4.79 Å². The van der Waals surface area contributed by atoms with Crippen LogP contribution in [0, 0.1) is 27.6 Å². The average molecular weight is 628 g/mol. The van der Waals surface area contributed by atoms with Crippen LogP contribution >= 0.6 is 0 Å². The summed E-state index contributed by atoms with van der Waals surface area (Å²) in [7, 11) is 0. The van der Waals surface area contributed by atoms with E-state index in [-0.39, 0.29) is 12.8 Å². The normalized spacial score (nSPS) is 20.3. The van der Waals surface area contributed by atoms with Crippen molar-refractivity contribution < 1.29 is 18.7 Å². The van der Waals surface area contributed by atoms with E-state index in [0.717, 1.165) is 83.8 Å². The fraction of sp³-hybridized carbons (Fsp3) is 0.974. The zero-order valence-corrected chi connectivity index (χ0v) is 30.9. The van der Waals surface area contributed by atoms with Gasteiger partial charge in [0.25, 0.3) is 0 Å². The molecule has 0 spiro atoms. The molecule has 2 heterocycles. The Morgan fingerprint density at radius 1 is 0.795 bits per heavy atom. The molecule has 4 aliphatic rings. The topological polar surface area (TPSA) is 38.8 Å². The van der Waals surface area contributed by atoms with Crippen molar-refractivity contribution in [1.82, 2.24) is 4.90 Å². The number of ether oxygens (including phenoxy) is 2. The third-order valence-electron chi connectivity index (χ3n) is 8.67. The van der Waals surface area contributed by atoms with Crippen LogP contribution in [0.1, 0.15) is 174 Å².